The molecule has 0 spiro atoms. The van der Waals surface area contributed by atoms with Gasteiger partial charge in [0.2, 0.25) is 11.8 Å². The second-order valence-corrected chi connectivity index (χ2v) is 7.47. The van der Waals surface area contributed by atoms with E-state index in [1.807, 2.05) is 4.90 Å². The number of nitrogens with zero attached hydrogens (tertiary/aromatic N) is 3. The minimum absolute atomic E-state index is 0.0443. The maximum Gasteiger partial charge on any atom is 0.246 e. The van der Waals surface area contributed by atoms with Crippen molar-refractivity contribution in [3.8, 4) is 0 Å². The maximum absolute atomic E-state index is 13.0. The Morgan fingerprint density at radius 1 is 1.07 bits per heavy atom. The zero-order chi connectivity index (χ0) is 18.6. The number of hydrogen-bond acceptors (Lipinski definition) is 5. The van der Waals surface area contributed by atoms with Crippen molar-refractivity contribution in [2.45, 2.75) is 19.0 Å². The highest BCUT2D eigenvalue weighted by molar-refractivity contribution is 5.89. The van der Waals surface area contributed by atoms with E-state index in [4.69, 9.17) is 4.74 Å². The van der Waals surface area contributed by atoms with Crippen molar-refractivity contribution in [3.63, 3.8) is 0 Å². The minimum atomic E-state index is -0.401. The molecule has 3 heterocycles. The molecule has 7 nitrogen and oxygen atoms in total. The van der Waals surface area contributed by atoms with Crippen LogP contribution in [0.2, 0.25) is 0 Å². The summed E-state index contributed by atoms with van der Waals surface area (Å²) in [5, 5.41) is 3.27. The fourth-order valence-electron chi connectivity index (χ4n) is 4.19. The number of piperazine rings is 1. The number of rotatable bonds is 3. The molecule has 1 N–H and O–H groups in total. The minimum Gasteiger partial charge on any atom is -0.378 e. The van der Waals surface area contributed by atoms with Crippen LogP contribution in [-0.4, -0.2) is 91.6 Å². The molecular weight excluding hydrogens is 344 g/mol. The molecule has 0 aromatic heterocycles. The first-order valence-electron chi connectivity index (χ1n) is 9.88. The van der Waals surface area contributed by atoms with E-state index >= 15 is 0 Å². The Morgan fingerprint density at radius 3 is 2.67 bits per heavy atom. The van der Waals surface area contributed by atoms with Gasteiger partial charge in [-0.1, -0.05) is 24.3 Å². The molecule has 1 atom stereocenters. The average Bonchev–Trinajstić information content (AvgIpc) is 2.73. The van der Waals surface area contributed by atoms with E-state index in [9.17, 15) is 9.59 Å². The van der Waals surface area contributed by atoms with Crippen LogP contribution in [0.5, 0.6) is 0 Å². The predicted molar refractivity (Wildman–Crippen MR) is 101 cm³/mol. The predicted octanol–water partition coefficient (Wildman–Crippen LogP) is -0.296. The normalized spacial score (nSPS) is 23.8. The first-order chi connectivity index (χ1) is 13.2. The van der Waals surface area contributed by atoms with Crippen LogP contribution in [0, 0.1) is 0 Å². The van der Waals surface area contributed by atoms with Crippen molar-refractivity contribution in [2.75, 3.05) is 59.0 Å². The van der Waals surface area contributed by atoms with E-state index < -0.39 is 6.04 Å². The Balaban J connectivity index is 1.39. The lowest BCUT2D eigenvalue weighted by molar-refractivity contribution is -0.150. The van der Waals surface area contributed by atoms with Gasteiger partial charge in [-0.2, -0.15) is 0 Å². The highest BCUT2D eigenvalue weighted by atomic mass is 16.5. The number of carbonyl (C=O) groups excluding carboxylic acids is 2. The maximum atomic E-state index is 13.0. The summed E-state index contributed by atoms with van der Waals surface area (Å²) in [4.78, 5) is 31.8. The molecule has 2 amide bonds. The Hall–Kier alpha value is -1.96. The number of amides is 2. The average molecular weight is 372 g/mol. The van der Waals surface area contributed by atoms with Gasteiger partial charge in [0.1, 0.15) is 6.04 Å². The first kappa shape index (κ1) is 18.4. The third-order valence-electron chi connectivity index (χ3n) is 5.74. The summed E-state index contributed by atoms with van der Waals surface area (Å²) >= 11 is 0. The molecule has 1 unspecified atom stereocenters. The second-order valence-electron chi connectivity index (χ2n) is 7.47. The molecule has 2 saturated heterocycles. The van der Waals surface area contributed by atoms with E-state index in [1.54, 1.807) is 4.90 Å². The lowest BCUT2D eigenvalue weighted by Gasteiger charge is -2.40. The summed E-state index contributed by atoms with van der Waals surface area (Å²) in [5.74, 6) is 0.102. The molecule has 1 aromatic rings. The number of benzene rings is 1. The summed E-state index contributed by atoms with van der Waals surface area (Å²) in [6.07, 6.45) is 0.973. The molecule has 0 radical (unpaired) electrons. The highest BCUT2D eigenvalue weighted by Crippen LogP contribution is 2.19. The van der Waals surface area contributed by atoms with E-state index in [-0.39, 0.29) is 11.8 Å². The summed E-state index contributed by atoms with van der Waals surface area (Å²) in [7, 11) is 0. The van der Waals surface area contributed by atoms with Gasteiger partial charge in [0.25, 0.3) is 0 Å². The molecular formula is C20H28N4O3. The van der Waals surface area contributed by atoms with Crippen LogP contribution in [0.15, 0.2) is 24.3 Å². The van der Waals surface area contributed by atoms with Gasteiger partial charge in [0, 0.05) is 45.8 Å². The number of fused-ring (bicyclic) bond motifs is 1. The molecule has 3 aliphatic rings. The van der Waals surface area contributed by atoms with Gasteiger partial charge >= 0.3 is 0 Å². The molecule has 0 saturated carbocycles. The van der Waals surface area contributed by atoms with Gasteiger partial charge in [-0.3, -0.25) is 14.5 Å². The molecule has 0 aliphatic carbocycles. The zero-order valence-electron chi connectivity index (χ0n) is 15.7. The lowest BCUT2D eigenvalue weighted by atomic mass is 10.00. The van der Waals surface area contributed by atoms with Gasteiger partial charge in [-0.15, -0.1) is 0 Å². The Morgan fingerprint density at radius 2 is 1.85 bits per heavy atom. The van der Waals surface area contributed by atoms with E-state index in [0.717, 1.165) is 26.1 Å². The third kappa shape index (κ3) is 4.15. The lowest BCUT2D eigenvalue weighted by Crippen LogP contribution is -2.62. The van der Waals surface area contributed by atoms with Crippen molar-refractivity contribution in [1.29, 1.82) is 0 Å². The van der Waals surface area contributed by atoms with Gasteiger partial charge < -0.3 is 19.9 Å². The van der Waals surface area contributed by atoms with Crippen molar-refractivity contribution < 1.29 is 14.3 Å². The summed E-state index contributed by atoms with van der Waals surface area (Å²) < 4.78 is 5.34. The third-order valence-corrected chi connectivity index (χ3v) is 5.74. The van der Waals surface area contributed by atoms with Crippen LogP contribution in [0.1, 0.15) is 11.1 Å². The Labute approximate surface area is 160 Å². The standard InChI is InChI=1S/C20H28N4O3/c25-19(15-22-7-5-16-3-1-2-4-17(16)14-22)24-8-6-21-13-18(24)20(26)23-9-11-27-12-10-23/h1-4,18,21H,5-15H2. The monoisotopic (exact) mass is 372 g/mol. The van der Waals surface area contributed by atoms with Gasteiger partial charge in [-0.05, 0) is 17.5 Å². The number of hydrogen-bond donors (Lipinski definition) is 1. The van der Waals surface area contributed by atoms with Crippen LogP contribution in [0.25, 0.3) is 0 Å². The zero-order valence-corrected chi connectivity index (χ0v) is 15.7. The van der Waals surface area contributed by atoms with Crippen molar-refractivity contribution >= 4 is 11.8 Å². The van der Waals surface area contributed by atoms with E-state index in [0.29, 0.717) is 45.9 Å². The van der Waals surface area contributed by atoms with E-state index in [2.05, 4.69) is 34.5 Å². The fraction of sp³-hybridized carbons (Fsp3) is 0.600. The number of ether oxygens (including phenoxy) is 1. The molecule has 146 valence electrons. The van der Waals surface area contributed by atoms with E-state index in [1.165, 1.54) is 11.1 Å². The smallest absolute Gasteiger partial charge is 0.246 e. The van der Waals surface area contributed by atoms with Crippen LogP contribution in [0.4, 0.5) is 0 Å². The van der Waals surface area contributed by atoms with Crippen LogP contribution < -0.4 is 5.32 Å². The number of morpholine rings is 1. The van der Waals surface area contributed by atoms with Gasteiger partial charge in [-0.25, -0.2) is 0 Å². The summed E-state index contributed by atoms with van der Waals surface area (Å²) in [6, 6.07) is 8.03. The van der Waals surface area contributed by atoms with Crippen LogP contribution in [0.3, 0.4) is 0 Å². The molecule has 4 rings (SSSR count). The molecule has 27 heavy (non-hydrogen) atoms. The summed E-state index contributed by atoms with van der Waals surface area (Å²) in [5.41, 5.74) is 2.68. The molecule has 2 fully saturated rings. The summed E-state index contributed by atoms with van der Waals surface area (Å²) in [6.45, 7) is 6.30. The van der Waals surface area contributed by atoms with Crippen LogP contribution >= 0.6 is 0 Å². The Kier molecular flexibility index (Phi) is 5.71. The quantitative estimate of drug-likeness (QED) is 0.790. The fourth-order valence-corrected chi connectivity index (χ4v) is 4.19. The second kappa shape index (κ2) is 8.37. The van der Waals surface area contributed by atoms with Crippen molar-refractivity contribution in [1.82, 2.24) is 20.0 Å². The first-order valence-corrected chi connectivity index (χ1v) is 9.88. The largest absolute Gasteiger partial charge is 0.378 e. The molecule has 1 aromatic carbocycles. The van der Waals surface area contributed by atoms with Crippen molar-refractivity contribution in [2.24, 2.45) is 0 Å². The topological polar surface area (TPSA) is 65.1 Å². The molecule has 0 bridgehead atoms. The SMILES string of the molecule is O=C(C1CNCCN1C(=O)CN1CCc2ccccc2C1)N1CCOCC1. The highest BCUT2D eigenvalue weighted by Gasteiger charge is 2.35. The van der Waals surface area contributed by atoms with Crippen molar-refractivity contribution in [3.05, 3.63) is 35.4 Å². The number of carbonyl (C=O) groups is 2. The van der Waals surface area contributed by atoms with Gasteiger partial charge in [0.05, 0.1) is 19.8 Å². The molecule has 3 aliphatic heterocycles. The molecule has 7 heteroatoms. The van der Waals surface area contributed by atoms with Crippen LogP contribution in [-0.2, 0) is 27.3 Å². The Bertz CT molecular complexity index is 690. The van der Waals surface area contributed by atoms with Gasteiger partial charge in [0.15, 0.2) is 0 Å². The number of nitrogens with one attached hydrogen (secondary N) is 1.